The second kappa shape index (κ2) is 8.18. The second-order valence-corrected chi connectivity index (χ2v) is 7.05. The molecule has 1 amide bonds. The Balaban J connectivity index is 1.62. The van der Waals surface area contributed by atoms with Crippen LogP contribution in [0.2, 0.25) is 0 Å². The Morgan fingerprint density at radius 1 is 1.10 bits per heavy atom. The molecule has 3 aromatic carbocycles. The van der Waals surface area contributed by atoms with E-state index in [1.54, 1.807) is 12.0 Å². The van der Waals surface area contributed by atoms with Crippen LogP contribution in [0.1, 0.15) is 32.6 Å². The summed E-state index contributed by atoms with van der Waals surface area (Å²) in [6.07, 6.45) is 0. The molecule has 0 unspecified atom stereocenters. The van der Waals surface area contributed by atoms with Gasteiger partial charge >= 0.3 is 0 Å². The normalized spacial score (nSPS) is 12.2. The van der Waals surface area contributed by atoms with E-state index < -0.39 is 0 Å². The van der Waals surface area contributed by atoms with Gasteiger partial charge in [0, 0.05) is 13.1 Å². The molecule has 0 saturated heterocycles. The number of rotatable bonds is 5. The van der Waals surface area contributed by atoms with Crippen LogP contribution in [0.4, 0.5) is 0 Å². The molecule has 0 atom stereocenters. The first-order chi connectivity index (χ1) is 14.6. The molecule has 4 rings (SSSR count). The second-order valence-electron chi connectivity index (χ2n) is 7.05. The molecule has 6 nitrogen and oxygen atoms in total. The Kier molecular flexibility index (Phi) is 5.27. The fourth-order valence-corrected chi connectivity index (χ4v) is 3.53. The van der Waals surface area contributed by atoms with Gasteiger partial charge in [-0.15, -0.1) is 0 Å². The molecule has 0 radical (unpaired) electrons. The number of nitriles is 1. The maximum atomic E-state index is 13.3. The summed E-state index contributed by atoms with van der Waals surface area (Å²) in [6.45, 7) is 1.05. The molecule has 6 heteroatoms. The number of carbonyl (C=O) groups excluding carboxylic acids is 1. The van der Waals surface area contributed by atoms with Crippen molar-refractivity contribution in [3.8, 4) is 23.3 Å². The summed E-state index contributed by atoms with van der Waals surface area (Å²) in [4.78, 5) is 14.9. The number of methoxy groups -OCH3 is 1. The molecule has 30 heavy (non-hydrogen) atoms. The van der Waals surface area contributed by atoms with E-state index >= 15 is 0 Å². The Hall–Kier alpha value is -3.98. The Morgan fingerprint density at radius 3 is 2.60 bits per heavy atom. The number of amides is 1. The highest BCUT2D eigenvalue weighted by atomic mass is 16.5. The number of fused-ring (bicyclic) bond motifs is 1. The maximum absolute atomic E-state index is 13.3. The lowest BCUT2D eigenvalue weighted by atomic mass is 10.1. The zero-order valence-corrected chi connectivity index (χ0v) is 16.5. The molecule has 150 valence electrons. The van der Waals surface area contributed by atoms with Gasteiger partial charge in [0.15, 0.2) is 0 Å². The van der Waals surface area contributed by atoms with Crippen LogP contribution < -0.4 is 9.47 Å². The molecule has 1 aliphatic heterocycles. The van der Waals surface area contributed by atoms with Crippen molar-refractivity contribution < 1.29 is 19.4 Å². The van der Waals surface area contributed by atoms with Crippen molar-refractivity contribution in [2.24, 2.45) is 0 Å². The summed E-state index contributed by atoms with van der Waals surface area (Å²) in [7, 11) is 1.60. The van der Waals surface area contributed by atoms with Crippen LogP contribution >= 0.6 is 0 Å². The van der Waals surface area contributed by atoms with Crippen molar-refractivity contribution in [3.63, 3.8) is 0 Å². The van der Waals surface area contributed by atoms with Gasteiger partial charge in [-0.25, -0.2) is 0 Å². The third kappa shape index (κ3) is 3.78. The minimum Gasteiger partial charge on any atom is -0.507 e. The Bertz CT molecular complexity index is 1140. The van der Waals surface area contributed by atoms with Crippen LogP contribution in [0.5, 0.6) is 17.2 Å². The molecule has 0 aromatic heterocycles. The van der Waals surface area contributed by atoms with E-state index in [4.69, 9.17) is 9.47 Å². The molecule has 1 aliphatic rings. The predicted molar refractivity (Wildman–Crippen MR) is 110 cm³/mol. The van der Waals surface area contributed by atoms with Crippen molar-refractivity contribution in [2.45, 2.75) is 19.7 Å². The lowest BCUT2D eigenvalue weighted by Crippen LogP contribution is -2.26. The van der Waals surface area contributed by atoms with E-state index in [1.807, 2.05) is 54.6 Å². The van der Waals surface area contributed by atoms with Crippen molar-refractivity contribution >= 4 is 5.91 Å². The van der Waals surface area contributed by atoms with E-state index in [0.717, 1.165) is 22.4 Å². The molecule has 0 spiro atoms. The molecular formula is C24H20N2O4. The van der Waals surface area contributed by atoms with Crippen LogP contribution in [0.15, 0.2) is 60.7 Å². The third-order valence-electron chi connectivity index (χ3n) is 5.08. The zero-order chi connectivity index (χ0) is 21.1. The molecule has 1 N–H and O–H groups in total. The van der Waals surface area contributed by atoms with Crippen LogP contribution in [0.3, 0.4) is 0 Å². The predicted octanol–water partition coefficient (Wildman–Crippen LogP) is 4.01. The minimum atomic E-state index is -0.352. The number of hydrogen-bond donors (Lipinski definition) is 1. The molecule has 0 aliphatic carbocycles. The van der Waals surface area contributed by atoms with Crippen LogP contribution in [0.25, 0.3) is 0 Å². The monoisotopic (exact) mass is 400 g/mol. The number of ether oxygens (including phenoxy) is 2. The van der Waals surface area contributed by atoms with Crippen molar-refractivity contribution in [3.05, 3.63) is 88.5 Å². The van der Waals surface area contributed by atoms with Crippen LogP contribution in [-0.2, 0) is 19.7 Å². The third-order valence-corrected chi connectivity index (χ3v) is 5.08. The molecule has 0 bridgehead atoms. The smallest absolute Gasteiger partial charge is 0.262 e. The first-order valence-corrected chi connectivity index (χ1v) is 9.48. The SMILES string of the molecule is COc1ccc2c(c1)CN(C(=O)c1c(O)cc(C#N)cc1OCc1ccccc1)C2. The minimum absolute atomic E-state index is 0.0599. The highest BCUT2D eigenvalue weighted by molar-refractivity contribution is 6.00. The van der Waals surface area contributed by atoms with Crippen LogP contribution in [0, 0.1) is 11.3 Å². The number of phenols is 1. The van der Waals surface area contributed by atoms with Crippen molar-refractivity contribution in [1.82, 2.24) is 4.90 Å². The lowest BCUT2D eigenvalue weighted by Gasteiger charge is -2.19. The standard InChI is InChI=1S/C24H20N2O4/c1-29-20-8-7-18-13-26(14-19(18)11-20)24(28)23-21(27)9-17(12-25)10-22(23)30-15-16-5-3-2-4-6-16/h2-11,27H,13-15H2,1H3. The number of hydrogen-bond acceptors (Lipinski definition) is 5. The van der Waals surface area contributed by atoms with Crippen molar-refractivity contribution in [1.29, 1.82) is 5.26 Å². The summed E-state index contributed by atoms with van der Waals surface area (Å²) in [5, 5.41) is 19.8. The number of nitrogens with zero attached hydrogens (tertiary/aromatic N) is 2. The highest BCUT2D eigenvalue weighted by Crippen LogP contribution is 2.35. The quantitative estimate of drug-likeness (QED) is 0.700. The fourth-order valence-electron chi connectivity index (χ4n) is 3.53. The number of carbonyl (C=O) groups is 1. The fraction of sp³-hybridized carbons (Fsp3) is 0.167. The maximum Gasteiger partial charge on any atom is 0.262 e. The van der Waals surface area contributed by atoms with Gasteiger partial charge in [-0.3, -0.25) is 4.79 Å². The van der Waals surface area contributed by atoms with Gasteiger partial charge in [-0.05, 0) is 41.0 Å². The molecule has 1 heterocycles. The van der Waals surface area contributed by atoms with Gasteiger partial charge in [-0.2, -0.15) is 5.26 Å². The van der Waals surface area contributed by atoms with E-state index in [2.05, 4.69) is 0 Å². The van der Waals surface area contributed by atoms with Crippen molar-refractivity contribution in [2.75, 3.05) is 7.11 Å². The Morgan fingerprint density at radius 2 is 1.87 bits per heavy atom. The summed E-state index contributed by atoms with van der Waals surface area (Å²) in [6, 6.07) is 20.0. The van der Waals surface area contributed by atoms with Gasteiger partial charge < -0.3 is 19.5 Å². The van der Waals surface area contributed by atoms with E-state index in [0.29, 0.717) is 13.1 Å². The topological polar surface area (TPSA) is 82.8 Å². The zero-order valence-electron chi connectivity index (χ0n) is 16.5. The first-order valence-electron chi connectivity index (χ1n) is 9.48. The molecule has 3 aromatic rings. The first kappa shape index (κ1) is 19.3. The highest BCUT2D eigenvalue weighted by Gasteiger charge is 2.29. The van der Waals surface area contributed by atoms with Crippen LogP contribution in [-0.4, -0.2) is 23.0 Å². The summed E-state index contributed by atoms with van der Waals surface area (Å²) in [5.41, 5.74) is 3.23. The van der Waals surface area contributed by atoms with Gasteiger partial charge in [0.25, 0.3) is 5.91 Å². The van der Waals surface area contributed by atoms with Gasteiger partial charge in [-0.1, -0.05) is 36.4 Å². The number of benzene rings is 3. The average Bonchev–Trinajstić information content (AvgIpc) is 3.21. The van der Waals surface area contributed by atoms with Gasteiger partial charge in [0.05, 0.1) is 18.7 Å². The van der Waals surface area contributed by atoms with E-state index in [9.17, 15) is 15.2 Å². The molecule has 0 saturated carbocycles. The van der Waals surface area contributed by atoms with Gasteiger partial charge in [0.1, 0.15) is 29.4 Å². The van der Waals surface area contributed by atoms with E-state index in [-0.39, 0.29) is 35.1 Å². The Labute approximate surface area is 174 Å². The lowest BCUT2D eigenvalue weighted by molar-refractivity contribution is 0.0743. The van der Waals surface area contributed by atoms with E-state index in [1.165, 1.54) is 12.1 Å². The summed E-state index contributed by atoms with van der Waals surface area (Å²) < 4.78 is 11.1. The largest absolute Gasteiger partial charge is 0.507 e. The molecular weight excluding hydrogens is 380 g/mol. The number of aromatic hydroxyl groups is 1. The average molecular weight is 400 g/mol. The summed E-state index contributed by atoms with van der Waals surface area (Å²) in [5.74, 6) is 0.302. The molecule has 0 fully saturated rings. The number of phenolic OH excluding ortho intramolecular Hbond substituents is 1. The van der Waals surface area contributed by atoms with Gasteiger partial charge in [0.2, 0.25) is 0 Å². The summed E-state index contributed by atoms with van der Waals surface area (Å²) >= 11 is 0.